The molecule has 0 aliphatic carbocycles. The molecule has 0 saturated heterocycles. The van der Waals surface area contributed by atoms with Gasteiger partial charge >= 0.3 is 0 Å². The summed E-state index contributed by atoms with van der Waals surface area (Å²) in [4.78, 5) is 1.20. The fraction of sp³-hybridized carbons (Fsp3) is 0.222. The van der Waals surface area contributed by atoms with E-state index in [1.807, 2.05) is 30.3 Å². The van der Waals surface area contributed by atoms with Gasteiger partial charge in [-0.05, 0) is 35.9 Å². The summed E-state index contributed by atoms with van der Waals surface area (Å²) in [7, 11) is 1.68. The predicted octanol–water partition coefficient (Wildman–Crippen LogP) is 3.72. The molecular weight excluding hydrogens is 280 g/mol. The fourth-order valence-electron chi connectivity index (χ4n) is 1.76. The maximum Gasteiger partial charge on any atom is 0.119 e. The first-order valence-corrected chi connectivity index (χ1v) is 7.76. The largest absolute Gasteiger partial charge is 0.497 e. The molecule has 0 fully saturated rings. The normalized spacial score (nSPS) is 9.81. The van der Waals surface area contributed by atoms with Crippen LogP contribution in [0.25, 0.3) is 0 Å². The molecule has 0 saturated carbocycles. The number of aliphatic hydroxyl groups excluding tert-OH is 1. The zero-order valence-electron chi connectivity index (χ0n) is 12.0. The van der Waals surface area contributed by atoms with Crippen LogP contribution in [0.1, 0.15) is 17.5 Å². The van der Waals surface area contributed by atoms with Crippen LogP contribution in [0.2, 0.25) is 0 Å². The maximum absolute atomic E-state index is 8.69. The third kappa shape index (κ3) is 5.18. The van der Waals surface area contributed by atoms with E-state index in [1.165, 1.54) is 10.5 Å². The standard InChI is InChI=1S/C18H18O2S/c1-20-17-6-4-7-18(13-17)21-14-16-10-8-15(9-11-16)5-2-3-12-19/h4,6-11,13,19H,3,12,14H2,1H3. The molecule has 0 radical (unpaired) electrons. The molecule has 0 aromatic heterocycles. The molecule has 2 aromatic carbocycles. The highest BCUT2D eigenvalue weighted by Crippen LogP contribution is 2.26. The Balaban J connectivity index is 1.93. The van der Waals surface area contributed by atoms with Crippen LogP contribution in [0, 0.1) is 11.8 Å². The second-order valence-corrected chi connectivity index (χ2v) is 5.49. The zero-order valence-corrected chi connectivity index (χ0v) is 12.8. The highest BCUT2D eigenvalue weighted by molar-refractivity contribution is 7.98. The molecule has 0 amide bonds. The minimum absolute atomic E-state index is 0.113. The van der Waals surface area contributed by atoms with Gasteiger partial charge in [-0.2, -0.15) is 0 Å². The van der Waals surface area contributed by atoms with Crippen molar-refractivity contribution >= 4 is 11.8 Å². The van der Waals surface area contributed by atoms with Crippen molar-refractivity contribution in [1.29, 1.82) is 0 Å². The van der Waals surface area contributed by atoms with E-state index in [0.717, 1.165) is 17.1 Å². The molecule has 0 aliphatic heterocycles. The van der Waals surface area contributed by atoms with Gasteiger partial charge in [-0.15, -0.1) is 11.8 Å². The first kappa shape index (κ1) is 15.5. The van der Waals surface area contributed by atoms with Crippen LogP contribution in [0.15, 0.2) is 53.4 Å². The number of thioether (sulfide) groups is 1. The van der Waals surface area contributed by atoms with Crippen molar-refractivity contribution in [1.82, 2.24) is 0 Å². The van der Waals surface area contributed by atoms with Gasteiger partial charge in [0, 0.05) is 22.6 Å². The van der Waals surface area contributed by atoms with E-state index in [-0.39, 0.29) is 6.61 Å². The molecule has 2 aromatic rings. The van der Waals surface area contributed by atoms with Gasteiger partial charge in [0.1, 0.15) is 5.75 Å². The number of aliphatic hydroxyl groups is 1. The number of methoxy groups -OCH3 is 1. The van der Waals surface area contributed by atoms with E-state index >= 15 is 0 Å². The molecule has 0 bridgehead atoms. The molecule has 3 heteroatoms. The van der Waals surface area contributed by atoms with Crippen molar-refractivity contribution in [3.8, 4) is 17.6 Å². The summed E-state index contributed by atoms with van der Waals surface area (Å²) in [5, 5.41) is 8.69. The first-order valence-electron chi connectivity index (χ1n) is 6.77. The van der Waals surface area contributed by atoms with Gasteiger partial charge in [0.25, 0.3) is 0 Å². The summed E-state index contributed by atoms with van der Waals surface area (Å²) in [5.74, 6) is 7.75. The molecule has 21 heavy (non-hydrogen) atoms. The quantitative estimate of drug-likeness (QED) is 0.674. The topological polar surface area (TPSA) is 29.5 Å². The lowest BCUT2D eigenvalue weighted by atomic mass is 10.1. The van der Waals surface area contributed by atoms with Gasteiger partial charge in [0.2, 0.25) is 0 Å². The third-order valence-electron chi connectivity index (χ3n) is 2.87. The maximum atomic E-state index is 8.69. The van der Waals surface area contributed by atoms with Crippen molar-refractivity contribution < 1.29 is 9.84 Å². The van der Waals surface area contributed by atoms with Crippen LogP contribution < -0.4 is 4.74 Å². The van der Waals surface area contributed by atoms with Gasteiger partial charge < -0.3 is 9.84 Å². The van der Waals surface area contributed by atoms with Crippen LogP contribution in [-0.4, -0.2) is 18.8 Å². The molecular formula is C18H18O2S. The van der Waals surface area contributed by atoms with Gasteiger partial charge in [-0.1, -0.05) is 30.0 Å². The van der Waals surface area contributed by atoms with Crippen molar-refractivity contribution in [2.24, 2.45) is 0 Å². The SMILES string of the molecule is COc1cccc(SCc2ccc(C#CCCO)cc2)c1. The summed E-state index contributed by atoms with van der Waals surface area (Å²) in [6, 6.07) is 16.3. The lowest BCUT2D eigenvalue weighted by Gasteiger charge is -2.04. The van der Waals surface area contributed by atoms with Crippen molar-refractivity contribution in [2.75, 3.05) is 13.7 Å². The van der Waals surface area contributed by atoms with E-state index in [2.05, 4.69) is 30.0 Å². The van der Waals surface area contributed by atoms with E-state index in [0.29, 0.717) is 6.42 Å². The Labute approximate surface area is 130 Å². The van der Waals surface area contributed by atoms with Crippen LogP contribution in [0.4, 0.5) is 0 Å². The van der Waals surface area contributed by atoms with Gasteiger partial charge in [-0.25, -0.2) is 0 Å². The Morgan fingerprint density at radius 1 is 1.14 bits per heavy atom. The van der Waals surface area contributed by atoms with Crippen molar-refractivity contribution in [3.63, 3.8) is 0 Å². The Morgan fingerprint density at radius 3 is 2.67 bits per heavy atom. The second-order valence-electron chi connectivity index (χ2n) is 4.44. The summed E-state index contributed by atoms with van der Waals surface area (Å²) >= 11 is 1.78. The summed E-state index contributed by atoms with van der Waals surface area (Å²) in [5.41, 5.74) is 2.24. The summed E-state index contributed by atoms with van der Waals surface area (Å²) in [6.07, 6.45) is 0.521. The van der Waals surface area contributed by atoms with Crippen LogP contribution in [-0.2, 0) is 5.75 Å². The van der Waals surface area contributed by atoms with Crippen LogP contribution in [0.3, 0.4) is 0 Å². The van der Waals surface area contributed by atoms with E-state index < -0.39 is 0 Å². The molecule has 2 nitrogen and oxygen atoms in total. The minimum Gasteiger partial charge on any atom is -0.497 e. The predicted molar refractivity (Wildman–Crippen MR) is 87.6 cm³/mol. The average molecular weight is 298 g/mol. The smallest absolute Gasteiger partial charge is 0.119 e. The summed E-state index contributed by atoms with van der Waals surface area (Å²) in [6.45, 7) is 0.113. The van der Waals surface area contributed by atoms with Gasteiger partial charge in [-0.3, -0.25) is 0 Å². The molecule has 0 spiro atoms. The first-order chi connectivity index (χ1) is 10.3. The fourth-order valence-corrected chi connectivity index (χ4v) is 2.66. The minimum atomic E-state index is 0.113. The average Bonchev–Trinajstić information content (AvgIpc) is 2.54. The Kier molecular flexibility index (Phi) is 6.21. The summed E-state index contributed by atoms with van der Waals surface area (Å²) < 4.78 is 5.22. The number of hydrogen-bond donors (Lipinski definition) is 1. The zero-order chi connectivity index (χ0) is 14.9. The Bertz CT molecular complexity index is 624. The Hall–Kier alpha value is -1.89. The van der Waals surface area contributed by atoms with E-state index in [1.54, 1.807) is 18.9 Å². The van der Waals surface area contributed by atoms with Crippen molar-refractivity contribution in [2.45, 2.75) is 17.1 Å². The van der Waals surface area contributed by atoms with Gasteiger partial charge in [0.05, 0.1) is 13.7 Å². The molecule has 1 N–H and O–H groups in total. The van der Waals surface area contributed by atoms with Crippen LogP contribution >= 0.6 is 11.8 Å². The molecule has 0 atom stereocenters. The second kappa shape index (κ2) is 8.41. The molecule has 2 rings (SSSR count). The van der Waals surface area contributed by atoms with E-state index in [4.69, 9.17) is 9.84 Å². The van der Waals surface area contributed by atoms with Gasteiger partial charge in [0.15, 0.2) is 0 Å². The number of benzene rings is 2. The number of hydrogen-bond acceptors (Lipinski definition) is 3. The third-order valence-corrected chi connectivity index (χ3v) is 3.94. The number of ether oxygens (including phenoxy) is 1. The molecule has 0 heterocycles. The number of rotatable bonds is 5. The highest BCUT2D eigenvalue weighted by atomic mass is 32.2. The van der Waals surface area contributed by atoms with Crippen LogP contribution in [0.5, 0.6) is 5.75 Å². The lowest BCUT2D eigenvalue weighted by Crippen LogP contribution is -1.84. The lowest BCUT2D eigenvalue weighted by molar-refractivity contribution is 0.305. The van der Waals surface area contributed by atoms with E-state index in [9.17, 15) is 0 Å². The van der Waals surface area contributed by atoms with Crippen molar-refractivity contribution in [3.05, 3.63) is 59.7 Å². The molecule has 0 unspecified atom stereocenters. The Morgan fingerprint density at radius 2 is 1.95 bits per heavy atom. The molecule has 0 aliphatic rings. The monoisotopic (exact) mass is 298 g/mol. The highest BCUT2D eigenvalue weighted by Gasteiger charge is 1.98. The molecule has 108 valence electrons.